The summed E-state index contributed by atoms with van der Waals surface area (Å²) in [4.78, 5) is 0. The summed E-state index contributed by atoms with van der Waals surface area (Å²) in [6.45, 7) is 3.59. The zero-order valence-corrected chi connectivity index (χ0v) is 12.9. The number of nitrogens with one attached hydrogen (secondary N) is 1. The average molecular weight is 263 g/mol. The lowest BCUT2D eigenvalue weighted by atomic mass is 9.53. The molecule has 4 fully saturated rings. The molecule has 0 spiro atoms. The molecule has 1 heteroatoms. The van der Waals surface area contributed by atoms with Gasteiger partial charge in [-0.3, -0.25) is 0 Å². The van der Waals surface area contributed by atoms with Crippen molar-refractivity contribution >= 4 is 0 Å². The Morgan fingerprint density at radius 2 is 1.32 bits per heavy atom. The lowest BCUT2D eigenvalue weighted by Crippen LogP contribution is -2.58. The fourth-order valence-electron chi connectivity index (χ4n) is 5.59. The molecule has 1 nitrogen and oxygen atoms in total. The van der Waals surface area contributed by atoms with Crippen LogP contribution in [0.1, 0.15) is 84.0 Å². The van der Waals surface area contributed by atoms with E-state index in [2.05, 4.69) is 12.2 Å². The van der Waals surface area contributed by atoms with Gasteiger partial charge in [0.15, 0.2) is 0 Å². The molecule has 0 aromatic carbocycles. The molecule has 0 heterocycles. The van der Waals surface area contributed by atoms with E-state index in [4.69, 9.17) is 0 Å². The van der Waals surface area contributed by atoms with Gasteiger partial charge in [-0.05, 0) is 69.2 Å². The summed E-state index contributed by atoms with van der Waals surface area (Å²) in [6.07, 6.45) is 17.8. The van der Waals surface area contributed by atoms with Gasteiger partial charge in [0.1, 0.15) is 0 Å². The first kappa shape index (κ1) is 13.9. The highest BCUT2D eigenvalue weighted by molar-refractivity contribution is 5.06. The van der Waals surface area contributed by atoms with Crippen LogP contribution in [-0.4, -0.2) is 12.1 Å². The summed E-state index contributed by atoms with van der Waals surface area (Å²) >= 11 is 0. The zero-order valence-electron chi connectivity index (χ0n) is 12.9. The molecule has 0 aromatic rings. The molecule has 4 bridgehead atoms. The van der Waals surface area contributed by atoms with Gasteiger partial charge in [0.25, 0.3) is 0 Å². The first-order valence-corrected chi connectivity index (χ1v) is 9.05. The Labute approximate surface area is 119 Å². The van der Waals surface area contributed by atoms with E-state index in [1.807, 2.05) is 0 Å². The van der Waals surface area contributed by atoms with Gasteiger partial charge in [0.05, 0.1) is 0 Å². The van der Waals surface area contributed by atoms with Crippen LogP contribution in [0.2, 0.25) is 0 Å². The molecule has 0 saturated heterocycles. The maximum absolute atomic E-state index is 4.02. The third-order valence-electron chi connectivity index (χ3n) is 6.07. The van der Waals surface area contributed by atoms with Gasteiger partial charge >= 0.3 is 0 Å². The molecule has 19 heavy (non-hydrogen) atoms. The van der Waals surface area contributed by atoms with Crippen molar-refractivity contribution in [1.82, 2.24) is 5.32 Å². The van der Waals surface area contributed by atoms with Crippen LogP contribution in [0, 0.1) is 17.8 Å². The summed E-state index contributed by atoms with van der Waals surface area (Å²) in [6, 6.07) is 0. The van der Waals surface area contributed by atoms with Crippen molar-refractivity contribution in [2.75, 3.05) is 6.54 Å². The molecule has 0 aromatic heterocycles. The summed E-state index contributed by atoms with van der Waals surface area (Å²) < 4.78 is 0. The van der Waals surface area contributed by atoms with Crippen molar-refractivity contribution < 1.29 is 0 Å². The predicted octanol–water partition coefficient (Wildman–Crippen LogP) is 4.91. The molecule has 1 N–H and O–H groups in total. The average Bonchev–Trinajstić information content (AvgIpc) is 2.36. The third-order valence-corrected chi connectivity index (χ3v) is 6.07. The lowest BCUT2D eigenvalue weighted by molar-refractivity contribution is -0.0196. The zero-order chi connectivity index (χ0) is 13.1. The molecular formula is C18H33N. The Morgan fingerprint density at radius 1 is 0.789 bits per heavy atom. The van der Waals surface area contributed by atoms with E-state index in [9.17, 15) is 0 Å². The second kappa shape index (κ2) is 6.16. The summed E-state index contributed by atoms with van der Waals surface area (Å²) in [7, 11) is 0. The van der Waals surface area contributed by atoms with Crippen LogP contribution in [0.5, 0.6) is 0 Å². The number of unbranched alkanes of at least 4 members (excludes halogenated alkanes) is 5. The molecule has 4 rings (SSSR count). The van der Waals surface area contributed by atoms with Crippen molar-refractivity contribution in [3.8, 4) is 0 Å². The van der Waals surface area contributed by atoms with Gasteiger partial charge in [0, 0.05) is 5.54 Å². The van der Waals surface area contributed by atoms with Crippen LogP contribution >= 0.6 is 0 Å². The maximum Gasteiger partial charge on any atom is 0.0189 e. The Bertz CT molecular complexity index is 248. The molecule has 4 aliphatic carbocycles. The Morgan fingerprint density at radius 3 is 1.89 bits per heavy atom. The van der Waals surface area contributed by atoms with Gasteiger partial charge in [-0.25, -0.2) is 0 Å². The van der Waals surface area contributed by atoms with Crippen LogP contribution in [0.25, 0.3) is 0 Å². The van der Waals surface area contributed by atoms with Crippen molar-refractivity contribution in [1.29, 1.82) is 0 Å². The van der Waals surface area contributed by atoms with Crippen molar-refractivity contribution in [2.24, 2.45) is 17.8 Å². The first-order valence-electron chi connectivity index (χ1n) is 9.05. The third kappa shape index (κ3) is 3.35. The highest BCUT2D eigenvalue weighted by Gasteiger charge is 2.50. The summed E-state index contributed by atoms with van der Waals surface area (Å²) in [5.74, 6) is 3.26. The molecule has 0 aliphatic heterocycles. The Kier molecular flexibility index (Phi) is 4.51. The normalized spacial score (nSPS) is 39.9. The molecule has 0 unspecified atom stereocenters. The molecular weight excluding hydrogens is 230 g/mol. The highest BCUT2D eigenvalue weighted by atomic mass is 15.0. The summed E-state index contributed by atoms with van der Waals surface area (Å²) in [5.41, 5.74) is 0.595. The topological polar surface area (TPSA) is 12.0 Å². The van der Waals surface area contributed by atoms with E-state index in [1.165, 1.54) is 64.3 Å². The largest absolute Gasteiger partial charge is 0.311 e. The fraction of sp³-hybridized carbons (Fsp3) is 1.00. The van der Waals surface area contributed by atoms with Crippen LogP contribution < -0.4 is 5.32 Å². The van der Waals surface area contributed by atoms with Crippen molar-refractivity contribution in [3.05, 3.63) is 0 Å². The van der Waals surface area contributed by atoms with E-state index >= 15 is 0 Å². The van der Waals surface area contributed by atoms with Gasteiger partial charge in [-0.1, -0.05) is 39.0 Å². The molecule has 0 amide bonds. The van der Waals surface area contributed by atoms with Crippen LogP contribution in [-0.2, 0) is 0 Å². The van der Waals surface area contributed by atoms with Gasteiger partial charge in [0.2, 0.25) is 0 Å². The van der Waals surface area contributed by atoms with Crippen LogP contribution in [0.4, 0.5) is 0 Å². The quantitative estimate of drug-likeness (QED) is 0.614. The maximum atomic E-state index is 4.02. The monoisotopic (exact) mass is 263 g/mol. The minimum atomic E-state index is 0.595. The molecule has 110 valence electrons. The highest BCUT2D eigenvalue weighted by Crippen LogP contribution is 2.55. The second-order valence-corrected chi connectivity index (χ2v) is 7.89. The smallest absolute Gasteiger partial charge is 0.0189 e. The van der Waals surface area contributed by atoms with Crippen molar-refractivity contribution in [3.63, 3.8) is 0 Å². The van der Waals surface area contributed by atoms with E-state index in [0.717, 1.165) is 17.8 Å². The second-order valence-electron chi connectivity index (χ2n) is 7.89. The lowest BCUT2D eigenvalue weighted by Gasteiger charge is -2.57. The van der Waals surface area contributed by atoms with Crippen molar-refractivity contribution in [2.45, 2.75) is 89.5 Å². The van der Waals surface area contributed by atoms with E-state index in [1.54, 1.807) is 19.3 Å². The number of hydrogen-bond donors (Lipinski definition) is 1. The van der Waals surface area contributed by atoms with E-state index < -0.39 is 0 Å². The minimum Gasteiger partial charge on any atom is -0.311 e. The van der Waals surface area contributed by atoms with E-state index in [-0.39, 0.29) is 0 Å². The minimum absolute atomic E-state index is 0.595. The Hall–Kier alpha value is -0.0400. The standard InChI is InChI=1S/C18H33N/c1-2-3-4-5-6-7-8-19-18-12-15-9-16(13-18)11-17(10-15)14-18/h15-17,19H,2-14H2,1H3. The predicted molar refractivity (Wildman–Crippen MR) is 82.3 cm³/mol. The molecule has 4 saturated carbocycles. The number of hydrogen-bond acceptors (Lipinski definition) is 1. The summed E-state index contributed by atoms with van der Waals surface area (Å²) in [5, 5.41) is 4.02. The van der Waals surface area contributed by atoms with Gasteiger partial charge in [-0.2, -0.15) is 0 Å². The SMILES string of the molecule is CCCCCCCCNC12CC3CC(CC(C3)C1)C2. The Balaban J connectivity index is 1.36. The first-order chi connectivity index (χ1) is 9.30. The molecule has 4 aliphatic rings. The van der Waals surface area contributed by atoms with Crippen LogP contribution in [0.3, 0.4) is 0 Å². The fourth-order valence-corrected chi connectivity index (χ4v) is 5.59. The van der Waals surface area contributed by atoms with E-state index in [0.29, 0.717) is 5.54 Å². The number of rotatable bonds is 8. The molecule has 0 atom stereocenters. The van der Waals surface area contributed by atoms with Gasteiger partial charge < -0.3 is 5.32 Å². The van der Waals surface area contributed by atoms with Crippen LogP contribution in [0.15, 0.2) is 0 Å². The molecule has 0 radical (unpaired) electrons. The van der Waals surface area contributed by atoms with Gasteiger partial charge in [-0.15, -0.1) is 0 Å².